The smallest absolute Gasteiger partial charge is 0.269 e. The number of aromatic nitrogens is 1. The van der Waals surface area contributed by atoms with Gasteiger partial charge in [0.15, 0.2) is 5.58 Å². The predicted octanol–water partition coefficient (Wildman–Crippen LogP) is 5.95. The number of nitrogens with zero attached hydrogens (tertiary/aromatic N) is 3. The molecule has 0 saturated heterocycles. The monoisotopic (exact) mass is 395 g/mol. The van der Waals surface area contributed by atoms with Gasteiger partial charge in [-0.25, -0.2) is 9.37 Å². The second kappa shape index (κ2) is 7.21. The molecule has 0 N–H and O–H groups in total. The Bertz CT molecular complexity index is 1220. The second-order valence-corrected chi connectivity index (χ2v) is 6.31. The largest absolute Gasteiger partial charge is 0.436 e. The molecule has 0 aliphatic rings. The lowest BCUT2D eigenvalue weighted by Gasteiger charge is -1.98. The standard InChI is InChI=1S/C20H11ClFN3O3/c21-17-9-13(22)3-7-16(17)20-24-18-10-14(4-8-19(18)28-20)23-11-12-1-5-15(6-2-12)25(26)27/h1-11H. The molecule has 0 amide bonds. The van der Waals surface area contributed by atoms with Gasteiger partial charge in [0.25, 0.3) is 5.69 Å². The van der Waals surface area contributed by atoms with E-state index >= 15 is 0 Å². The summed E-state index contributed by atoms with van der Waals surface area (Å²) in [6, 6.07) is 15.3. The Labute approximate surface area is 163 Å². The Hall–Kier alpha value is -3.58. The van der Waals surface area contributed by atoms with E-state index in [1.54, 1.807) is 36.5 Å². The molecule has 0 aliphatic heterocycles. The molecular formula is C20H11ClFN3O3. The fourth-order valence-corrected chi connectivity index (χ4v) is 2.85. The maximum atomic E-state index is 13.2. The van der Waals surface area contributed by atoms with Crippen molar-refractivity contribution in [3.8, 4) is 11.5 Å². The first kappa shape index (κ1) is 17.8. The van der Waals surface area contributed by atoms with E-state index in [1.165, 1.54) is 30.3 Å². The van der Waals surface area contributed by atoms with Crippen LogP contribution >= 0.6 is 11.6 Å². The summed E-state index contributed by atoms with van der Waals surface area (Å²) in [6.07, 6.45) is 1.60. The molecule has 4 rings (SSSR count). The highest BCUT2D eigenvalue weighted by Gasteiger charge is 2.12. The number of non-ortho nitro benzene ring substituents is 1. The van der Waals surface area contributed by atoms with Crippen LogP contribution in [0.25, 0.3) is 22.6 Å². The normalized spacial score (nSPS) is 11.4. The van der Waals surface area contributed by atoms with Gasteiger partial charge in [-0.2, -0.15) is 0 Å². The summed E-state index contributed by atoms with van der Waals surface area (Å²) in [4.78, 5) is 19.0. The number of halogens is 2. The van der Waals surface area contributed by atoms with E-state index in [0.717, 1.165) is 5.56 Å². The zero-order valence-electron chi connectivity index (χ0n) is 14.2. The zero-order chi connectivity index (χ0) is 19.7. The third-order valence-corrected chi connectivity index (χ3v) is 4.31. The summed E-state index contributed by atoms with van der Waals surface area (Å²) in [6.45, 7) is 0. The lowest BCUT2D eigenvalue weighted by molar-refractivity contribution is -0.384. The minimum Gasteiger partial charge on any atom is -0.436 e. The Kier molecular flexibility index (Phi) is 4.58. The minimum absolute atomic E-state index is 0.0214. The Balaban J connectivity index is 1.62. The number of hydrogen-bond donors (Lipinski definition) is 0. The van der Waals surface area contributed by atoms with E-state index in [0.29, 0.717) is 22.4 Å². The molecule has 0 spiro atoms. The number of oxazole rings is 1. The number of rotatable bonds is 4. The SMILES string of the molecule is O=[N+]([O-])c1ccc(C=Nc2ccc3oc(-c4ccc(F)cc4Cl)nc3c2)cc1. The first-order valence-electron chi connectivity index (χ1n) is 8.14. The molecular weight excluding hydrogens is 385 g/mol. The Morgan fingerprint density at radius 1 is 1.11 bits per heavy atom. The quantitative estimate of drug-likeness (QED) is 0.243. The fraction of sp³-hybridized carbons (Fsp3) is 0. The summed E-state index contributed by atoms with van der Waals surface area (Å²) in [7, 11) is 0. The van der Waals surface area contributed by atoms with Gasteiger partial charge in [-0.1, -0.05) is 11.6 Å². The Morgan fingerprint density at radius 3 is 2.61 bits per heavy atom. The molecule has 0 saturated carbocycles. The highest BCUT2D eigenvalue weighted by Crippen LogP contribution is 2.31. The number of nitro groups is 1. The summed E-state index contributed by atoms with van der Waals surface area (Å²) >= 11 is 6.07. The predicted molar refractivity (Wildman–Crippen MR) is 105 cm³/mol. The molecule has 1 heterocycles. The third kappa shape index (κ3) is 3.60. The lowest BCUT2D eigenvalue weighted by atomic mass is 10.2. The maximum Gasteiger partial charge on any atom is 0.269 e. The summed E-state index contributed by atoms with van der Waals surface area (Å²) in [5.74, 6) is -0.149. The van der Waals surface area contributed by atoms with Crippen molar-refractivity contribution in [2.75, 3.05) is 0 Å². The molecule has 138 valence electrons. The van der Waals surface area contributed by atoms with Crippen molar-refractivity contribution in [3.05, 3.63) is 87.2 Å². The van der Waals surface area contributed by atoms with Crippen molar-refractivity contribution in [3.63, 3.8) is 0 Å². The third-order valence-electron chi connectivity index (χ3n) is 4.00. The first-order valence-corrected chi connectivity index (χ1v) is 8.52. The Morgan fingerprint density at radius 2 is 1.89 bits per heavy atom. The molecule has 4 aromatic rings. The van der Waals surface area contributed by atoms with Gasteiger partial charge in [0, 0.05) is 18.3 Å². The molecule has 0 fully saturated rings. The zero-order valence-corrected chi connectivity index (χ0v) is 14.9. The molecule has 1 aromatic heterocycles. The number of aliphatic imine (C=N–C) groups is 1. The number of benzene rings is 3. The first-order chi connectivity index (χ1) is 13.5. The summed E-state index contributed by atoms with van der Waals surface area (Å²) in [5.41, 5.74) is 3.00. The van der Waals surface area contributed by atoms with Gasteiger partial charge in [0.05, 0.1) is 21.2 Å². The van der Waals surface area contributed by atoms with Crippen molar-refractivity contribution in [1.29, 1.82) is 0 Å². The van der Waals surface area contributed by atoms with Crippen LogP contribution in [-0.4, -0.2) is 16.1 Å². The average Bonchev–Trinajstić information content (AvgIpc) is 3.09. The van der Waals surface area contributed by atoms with Gasteiger partial charge in [-0.15, -0.1) is 0 Å². The number of hydrogen-bond acceptors (Lipinski definition) is 5. The second-order valence-electron chi connectivity index (χ2n) is 5.90. The van der Waals surface area contributed by atoms with Gasteiger partial charge in [-0.05, 0) is 54.1 Å². The van der Waals surface area contributed by atoms with Crippen LogP contribution in [0, 0.1) is 15.9 Å². The van der Waals surface area contributed by atoms with Crippen LogP contribution in [0.15, 0.2) is 70.1 Å². The molecule has 6 nitrogen and oxygen atoms in total. The molecule has 0 atom stereocenters. The van der Waals surface area contributed by atoms with Crippen LogP contribution in [0.3, 0.4) is 0 Å². The highest BCUT2D eigenvalue weighted by molar-refractivity contribution is 6.33. The van der Waals surface area contributed by atoms with E-state index in [4.69, 9.17) is 16.0 Å². The van der Waals surface area contributed by atoms with Crippen LogP contribution in [0.5, 0.6) is 0 Å². The molecule has 3 aromatic carbocycles. The molecule has 0 aliphatic carbocycles. The van der Waals surface area contributed by atoms with Crippen LogP contribution in [-0.2, 0) is 0 Å². The van der Waals surface area contributed by atoms with Gasteiger partial charge in [0.2, 0.25) is 5.89 Å². The van der Waals surface area contributed by atoms with Crippen molar-refractivity contribution >= 4 is 40.3 Å². The molecule has 28 heavy (non-hydrogen) atoms. The van der Waals surface area contributed by atoms with Crippen molar-refractivity contribution in [1.82, 2.24) is 4.98 Å². The topological polar surface area (TPSA) is 81.5 Å². The molecule has 8 heteroatoms. The van der Waals surface area contributed by atoms with Crippen LogP contribution in [0.4, 0.5) is 15.8 Å². The van der Waals surface area contributed by atoms with Crippen molar-refractivity contribution in [2.45, 2.75) is 0 Å². The lowest BCUT2D eigenvalue weighted by Crippen LogP contribution is -1.88. The summed E-state index contributed by atoms with van der Waals surface area (Å²) < 4.78 is 18.9. The number of nitro benzene ring substituents is 1. The molecule has 0 unspecified atom stereocenters. The van der Waals surface area contributed by atoms with Crippen LogP contribution in [0.1, 0.15) is 5.56 Å². The minimum atomic E-state index is -0.454. The summed E-state index contributed by atoms with van der Waals surface area (Å²) in [5, 5.41) is 10.9. The fourth-order valence-electron chi connectivity index (χ4n) is 2.61. The molecule has 0 radical (unpaired) electrons. The van der Waals surface area contributed by atoms with Gasteiger partial charge < -0.3 is 4.42 Å². The molecule has 0 bridgehead atoms. The van der Waals surface area contributed by atoms with E-state index < -0.39 is 10.7 Å². The van der Waals surface area contributed by atoms with Gasteiger partial charge in [-0.3, -0.25) is 15.1 Å². The van der Waals surface area contributed by atoms with Gasteiger partial charge >= 0.3 is 0 Å². The number of fused-ring (bicyclic) bond motifs is 1. The van der Waals surface area contributed by atoms with Gasteiger partial charge in [0.1, 0.15) is 11.3 Å². The van der Waals surface area contributed by atoms with Crippen molar-refractivity contribution in [2.24, 2.45) is 4.99 Å². The maximum absolute atomic E-state index is 13.2. The van der Waals surface area contributed by atoms with Crippen LogP contribution < -0.4 is 0 Å². The van der Waals surface area contributed by atoms with Crippen LogP contribution in [0.2, 0.25) is 5.02 Å². The van der Waals surface area contributed by atoms with Crippen molar-refractivity contribution < 1.29 is 13.7 Å². The van der Waals surface area contributed by atoms with E-state index in [1.807, 2.05) is 0 Å². The highest BCUT2D eigenvalue weighted by atomic mass is 35.5. The van der Waals surface area contributed by atoms with E-state index in [9.17, 15) is 14.5 Å². The van der Waals surface area contributed by atoms with E-state index in [-0.39, 0.29) is 16.6 Å². The van der Waals surface area contributed by atoms with E-state index in [2.05, 4.69) is 9.98 Å². The average molecular weight is 396 g/mol.